The molecule has 0 spiro atoms. The van der Waals surface area contributed by atoms with Crippen LogP contribution in [-0.4, -0.2) is 35.6 Å². The number of aliphatic hydroxyl groups is 1. The van der Waals surface area contributed by atoms with E-state index in [0.29, 0.717) is 12.8 Å². The van der Waals surface area contributed by atoms with Gasteiger partial charge in [-0.3, -0.25) is 0 Å². The highest BCUT2D eigenvalue weighted by Gasteiger charge is 2.70. The zero-order chi connectivity index (χ0) is 19.9. The van der Waals surface area contributed by atoms with Gasteiger partial charge in [-0.1, -0.05) is 6.58 Å². The van der Waals surface area contributed by atoms with Crippen molar-refractivity contribution in [3.63, 3.8) is 0 Å². The molecule has 0 aromatic rings. The minimum Gasteiger partial charge on any atom is -0.462 e. The summed E-state index contributed by atoms with van der Waals surface area (Å²) in [6.45, 7) is 5.03. The molecule has 1 N–H and O–H groups in total. The molecule has 150 valence electrons. The predicted molar refractivity (Wildman–Crippen MR) is 79.9 cm³/mol. The van der Waals surface area contributed by atoms with Crippen LogP contribution in [0.15, 0.2) is 12.2 Å². The number of alkyl halides is 6. The molecule has 4 unspecified atom stereocenters. The van der Waals surface area contributed by atoms with E-state index < -0.39 is 30.3 Å². The van der Waals surface area contributed by atoms with Gasteiger partial charge in [0.25, 0.3) is 5.60 Å². The summed E-state index contributed by atoms with van der Waals surface area (Å²) < 4.78 is 81.8. The molecule has 4 atom stereocenters. The first-order valence-corrected chi connectivity index (χ1v) is 8.44. The fraction of sp³-hybridized carbons (Fsp3) is 0.824. The van der Waals surface area contributed by atoms with Gasteiger partial charge in [-0.2, -0.15) is 26.3 Å². The number of hydrogen-bond donors (Lipinski definition) is 1. The van der Waals surface area contributed by atoms with E-state index in [1.165, 1.54) is 6.92 Å². The lowest BCUT2D eigenvalue weighted by molar-refractivity contribution is -0.370. The average Bonchev–Trinajstić information content (AvgIpc) is 3.07. The second-order valence-electron chi connectivity index (χ2n) is 7.53. The number of halogens is 6. The molecule has 9 heteroatoms. The Morgan fingerprint density at radius 2 is 1.62 bits per heavy atom. The van der Waals surface area contributed by atoms with E-state index >= 15 is 0 Å². The lowest BCUT2D eigenvalue weighted by atomic mass is 9.77. The van der Waals surface area contributed by atoms with Crippen LogP contribution in [0, 0.1) is 23.7 Å². The molecule has 26 heavy (non-hydrogen) atoms. The Morgan fingerprint density at radius 3 is 2.08 bits per heavy atom. The second-order valence-corrected chi connectivity index (χ2v) is 7.53. The quantitative estimate of drug-likeness (QED) is 0.417. The van der Waals surface area contributed by atoms with E-state index in [1.807, 2.05) is 0 Å². The average molecular weight is 388 g/mol. The van der Waals surface area contributed by atoms with Gasteiger partial charge in [0.15, 0.2) is 0 Å². The summed E-state index contributed by atoms with van der Waals surface area (Å²) in [5.74, 6) is -0.870. The van der Waals surface area contributed by atoms with Crippen molar-refractivity contribution in [2.24, 2.45) is 23.7 Å². The van der Waals surface area contributed by atoms with Crippen LogP contribution in [0.3, 0.4) is 0 Å². The number of carbonyl (C=O) groups is 1. The lowest BCUT2D eigenvalue weighted by Gasteiger charge is -2.35. The van der Waals surface area contributed by atoms with E-state index in [4.69, 9.17) is 4.74 Å². The number of esters is 1. The highest BCUT2D eigenvalue weighted by molar-refractivity contribution is 5.86. The van der Waals surface area contributed by atoms with Gasteiger partial charge in [0.1, 0.15) is 0 Å². The third kappa shape index (κ3) is 4.02. The van der Waals surface area contributed by atoms with E-state index in [2.05, 4.69) is 6.58 Å². The Bertz CT molecular complexity index is 540. The Kier molecular flexibility index (Phi) is 5.71. The normalized spacial score (nSPS) is 29.1. The molecule has 0 aromatic carbocycles. The molecule has 2 saturated carbocycles. The van der Waals surface area contributed by atoms with Gasteiger partial charge in [-0.25, -0.2) is 4.79 Å². The van der Waals surface area contributed by atoms with Crippen molar-refractivity contribution in [1.82, 2.24) is 0 Å². The van der Waals surface area contributed by atoms with Gasteiger partial charge in [0, 0.05) is 5.57 Å². The highest BCUT2D eigenvalue weighted by Crippen LogP contribution is 2.55. The molecule has 2 fully saturated rings. The van der Waals surface area contributed by atoms with Crippen LogP contribution in [0.25, 0.3) is 0 Å². The molecule has 0 radical (unpaired) electrons. The van der Waals surface area contributed by atoms with E-state index in [0.717, 1.165) is 6.42 Å². The molecule has 2 aliphatic carbocycles. The zero-order valence-electron chi connectivity index (χ0n) is 14.3. The Morgan fingerprint density at radius 1 is 1.08 bits per heavy atom. The van der Waals surface area contributed by atoms with Crippen molar-refractivity contribution in [1.29, 1.82) is 0 Å². The Hall–Kier alpha value is -1.25. The number of rotatable bonds is 6. The third-order valence-corrected chi connectivity index (χ3v) is 5.68. The molecule has 0 saturated heterocycles. The Balaban J connectivity index is 1.98. The minimum absolute atomic E-state index is 0.0769. The third-order valence-electron chi connectivity index (χ3n) is 5.68. The maximum Gasteiger partial charge on any atom is 0.426 e. The molecule has 0 aromatic heterocycles. The smallest absolute Gasteiger partial charge is 0.426 e. The van der Waals surface area contributed by atoms with Gasteiger partial charge in [-0.05, 0) is 62.7 Å². The van der Waals surface area contributed by atoms with Crippen molar-refractivity contribution in [3.8, 4) is 0 Å². The molecule has 0 amide bonds. The molecule has 2 aliphatic rings. The summed E-state index contributed by atoms with van der Waals surface area (Å²) in [6.07, 6.45) is -11.3. The number of fused-ring (bicyclic) bond motifs is 2. The topological polar surface area (TPSA) is 46.5 Å². The number of ether oxygens (including phenoxy) is 1. The molecule has 2 rings (SSSR count). The molecule has 2 bridgehead atoms. The number of hydrogen-bond acceptors (Lipinski definition) is 3. The van der Waals surface area contributed by atoms with Gasteiger partial charge in [-0.15, -0.1) is 0 Å². The van der Waals surface area contributed by atoms with Gasteiger partial charge >= 0.3 is 18.3 Å². The van der Waals surface area contributed by atoms with Crippen LogP contribution in [0.4, 0.5) is 26.3 Å². The first-order chi connectivity index (χ1) is 11.8. The molecule has 0 aliphatic heterocycles. The SMILES string of the molecule is C=C(C)C(=O)OCC1CC2CC(CCC(O)(C(F)(F)F)C(F)(F)F)C1C2. The van der Waals surface area contributed by atoms with Gasteiger partial charge in [0.05, 0.1) is 6.61 Å². The van der Waals surface area contributed by atoms with E-state index in [9.17, 15) is 36.2 Å². The van der Waals surface area contributed by atoms with Crippen molar-refractivity contribution < 1.29 is 41.0 Å². The van der Waals surface area contributed by atoms with E-state index in [-0.39, 0.29) is 42.3 Å². The van der Waals surface area contributed by atoms with E-state index in [1.54, 1.807) is 0 Å². The summed E-state index contributed by atoms with van der Waals surface area (Å²) in [6, 6.07) is 0. The fourth-order valence-corrected chi connectivity index (χ4v) is 4.32. The largest absolute Gasteiger partial charge is 0.462 e. The lowest BCUT2D eigenvalue weighted by Crippen LogP contribution is -2.57. The van der Waals surface area contributed by atoms with Gasteiger partial charge < -0.3 is 9.84 Å². The summed E-state index contributed by atoms with van der Waals surface area (Å²) in [7, 11) is 0. The summed E-state index contributed by atoms with van der Waals surface area (Å²) in [5.41, 5.74) is -4.46. The van der Waals surface area contributed by atoms with Crippen LogP contribution in [0.1, 0.15) is 39.0 Å². The van der Waals surface area contributed by atoms with Crippen LogP contribution in [0.2, 0.25) is 0 Å². The maximum absolute atomic E-state index is 12.8. The van der Waals surface area contributed by atoms with Crippen molar-refractivity contribution >= 4 is 5.97 Å². The molecular formula is C17H22F6O3. The fourth-order valence-electron chi connectivity index (χ4n) is 4.32. The minimum atomic E-state index is -5.78. The molecular weight excluding hydrogens is 366 g/mol. The van der Waals surface area contributed by atoms with Crippen molar-refractivity contribution in [2.45, 2.75) is 57.0 Å². The standard InChI is InChI=1S/C17H22F6O3/c1-9(2)14(24)26-8-12-6-10-5-11(13(12)7-10)3-4-15(25,16(18,19)20)17(21,22)23/h10-13,25H,1,3-8H2,2H3. The van der Waals surface area contributed by atoms with Crippen LogP contribution in [-0.2, 0) is 9.53 Å². The van der Waals surface area contributed by atoms with Gasteiger partial charge in [0.2, 0.25) is 0 Å². The van der Waals surface area contributed by atoms with Crippen molar-refractivity contribution in [2.75, 3.05) is 6.61 Å². The Labute approximate surface area is 147 Å². The summed E-state index contributed by atoms with van der Waals surface area (Å²) in [5, 5.41) is 9.29. The maximum atomic E-state index is 12.8. The zero-order valence-corrected chi connectivity index (χ0v) is 14.3. The first kappa shape index (κ1) is 21.1. The monoisotopic (exact) mass is 388 g/mol. The second kappa shape index (κ2) is 7.05. The predicted octanol–water partition coefficient (Wildman–Crippen LogP) is 4.40. The summed E-state index contributed by atoms with van der Waals surface area (Å²) >= 11 is 0. The molecule has 3 nitrogen and oxygen atoms in total. The first-order valence-electron chi connectivity index (χ1n) is 8.44. The van der Waals surface area contributed by atoms with Crippen molar-refractivity contribution in [3.05, 3.63) is 12.2 Å². The number of carbonyl (C=O) groups excluding carboxylic acids is 1. The van der Waals surface area contributed by atoms with Crippen LogP contribution in [0.5, 0.6) is 0 Å². The van der Waals surface area contributed by atoms with Crippen LogP contribution < -0.4 is 0 Å². The van der Waals surface area contributed by atoms with Crippen LogP contribution >= 0.6 is 0 Å². The molecule has 0 heterocycles. The summed E-state index contributed by atoms with van der Waals surface area (Å²) in [4.78, 5) is 11.5. The highest BCUT2D eigenvalue weighted by atomic mass is 19.4.